The summed E-state index contributed by atoms with van der Waals surface area (Å²) in [6.45, 7) is 4.18. The van der Waals surface area contributed by atoms with Gasteiger partial charge in [-0.3, -0.25) is 0 Å². The highest BCUT2D eigenvalue weighted by atomic mass is 35.5. The average Bonchev–Trinajstić information content (AvgIpc) is 3.17. The summed E-state index contributed by atoms with van der Waals surface area (Å²) in [5.74, 6) is -0.259. The van der Waals surface area contributed by atoms with E-state index in [1.807, 2.05) is 25.1 Å². The topological polar surface area (TPSA) is 56.6 Å². The highest BCUT2D eigenvalue weighted by molar-refractivity contribution is 6.31. The van der Waals surface area contributed by atoms with Crippen LogP contribution in [0, 0.1) is 19.7 Å². The lowest BCUT2D eigenvalue weighted by molar-refractivity contribution is 0.315. The van der Waals surface area contributed by atoms with Crippen molar-refractivity contribution in [1.82, 2.24) is 10.2 Å². The highest BCUT2D eigenvalue weighted by Crippen LogP contribution is 2.31. The zero-order chi connectivity index (χ0) is 21.3. The van der Waals surface area contributed by atoms with Gasteiger partial charge in [0.1, 0.15) is 12.2 Å². The number of rotatable bonds is 5. The second-order valence-electron chi connectivity index (χ2n) is 7.06. The van der Waals surface area contributed by atoms with E-state index in [2.05, 4.69) is 15.2 Å². The van der Waals surface area contributed by atoms with Gasteiger partial charge in [-0.15, -0.1) is 5.10 Å². The number of hydrogen-bond acceptors (Lipinski definition) is 5. The first-order valence-electron chi connectivity index (χ1n) is 9.33. The summed E-state index contributed by atoms with van der Waals surface area (Å²) >= 11 is 12.2. The molecule has 3 aromatic rings. The lowest BCUT2D eigenvalue weighted by Gasteiger charge is -2.10. The van der Waals surface area contributed by atoms with Gasteiger partial charge >= 0.3 is 0 Å². The van der Waals surface area contributed by atoms with Gasteiger partial charge in [-0.1, -0.05) is 41.4 Å². The largest absolute Gasteiger partial charge is 0.475 e. The summed E-state index contributed by atoms with van der Waals surface area (Å²) in [7, 11) is 0. The molecule has 30 heavy (non-hydrogen) atoms. The van der Waals surface area contributed by atoms with E-state index in [-0.39, 0.29) is 22.7 Å². The first-order chi connectivity index (χ1) is 14.4. The molecular weight excluding hydrogens is 428 g/mol. The van der Waals surface area contributed by atoms with Crippen LogP contribution in [-0.4, -0.2) is 28.7 Å². The standard InChI is InChI=1S/C22H18Cl2FN3O2/c1-12-6-7-14(18(24)8-12)10-15-11-29-21(26-15)16-9-13(2)27-28-22(16)30-19-5-3-4-17(23)20(19)25/h3-9,15H,10-11H2,1-2H3/t15-/m0/s1. The Morgan fingerprint density at radius 2 is 1.93 bits per heavy atom. The van der Waals surface area contributed by atoms with Crippen LogP contribution in [0.2, 0.25) is 10.0 Å². The van der Waals surface area contributed by atoms with Crippen LogP contribution in [0.4, 0.5) is 4.39 Å². The molecule has 5 nitrogen and oxygen atoms in total. The zero-order valence-electron chi connectivity index (χ0n) is 16.3. The molecule has 154 valence electrons. The van der Waals surface area contributed by atoms with E-state index in [0.717, 1.165) is 11.1 Å². The van der Waals surface area contributed by atoms with Gasteiger partial charge in [-0.25, -0.2) is 9.38 Å². The summed E-state index contributed by atoms with van der Waals surface area (Å²) < 4.78 is 25.7. The smallest absolute Gasteiger partial charge is 0.251 e. The third kappa shape index (κ3) is 4.40. The van der Waals surface area contributed by atoms with Crippen LogP contribution < -0.4 is 4.74 Å². The minimum absolute atomic E-state index is 0.0429. The van der Waals surface area contributed by atoms with Crippen LogP contribution in [0.1, 0.15) is 22.4 Å². The lowest BCUT2D eigenvalue weighted by atomic mass is 10.1. The van der Waals surface area contributed by atoms with Crippen LogP contribution in [0.15, 0.2) is 47.5 Å². The van der Waals surface area contributed by atoms with E-state index in [0.29, 0.717) is 35.2 Å². The van der Waals surface area contributed by atoms with Crippen molar-refractivity contribution in [2.75, 3.05) is 6.61 Å². The van der Waals surface area contributed by atoms with Crippen molar-refractivity contribution in [2.24, 2.45) is 4.99 Å². The molecule has 0 saturated heterocycles. The predicted molar refractivity (Wildman–Crippen MR) is 114 cm³/mol. The molecule has 0 N–H and O–H groups in total. The number of ether oxygens (including phenoxy) is 2. The van der Waals surface area contributed by atoms with Crippen LogP contribution in [0.3, 0.4) is 0 Å². The molecule has 1 aliphatic heterocycles. The molecule has 1 aliphatic rings. The van der Waals surface area contributed by atoms with Gasteiger partial charge in [0.05, 0.1) is 16.8 Å². The molecule has 0 amide bonds. The molecule has 2 aromatic carbocycles. The van der Waals surface area contributed by atoms with E-state index < -0.39 is 5.82 Å². The van der Waals surface area contributed by atoms with Crippen LogP contribution in [0.5, 0.6) is 11.6 Å². The van der Waals surface area contributed by atoms with Crippen molar-refractivity contribution in [2.45, 2.75) is 26.3 Å². The summed E-state index contributed by atoms with van der Waals surface area (Å²) in [5, 5.41) is 8.73. The van der Waals surface area contributed by atoms with E-state index in [1.165, 1.54) is 12.1 Å². The quantitative estimate of drug-likeness (QED) is 0.503. The first kappa shape index (κ1) is 20.6. The fourth-order valence-corrected chi connectivity index (χ4v) is 3.59. The molecule has 2 heterocycles. The van der Waals surface area contributed by atoms with E-state index in [9.17, 15) is 4.39 Å². The van der Waals surface area contributed by atoms with Gasteiger partial charge in [0.15, 0.2) is 11.6 Å². The number of aromatic nitrogens is 2. The number of benzene rings is 2. The SMILES string of the molecule is Cc1ccc(C[C@H]2COC(c3cc(C)nnc3Oc3cccc(Cl)c3F)=N2)c(Cl)c1. The van der Waals surface area contributed by atoms with Crippen LogP contribution in [0.25, 0.3) is 0 Å². The minimum Gasteiger partial charge on any atom is -0.475 e. The molecule has 0 unspecified atom stereocenters. The molecule has 1 aromatic heterocycles. The number of nitrogens with zero attached hydrogens (tertiary/aromatic N) is 3. The third-order valence-electron chi connectivity index (χ3n) is 4.61. The summed E-state index contributed by atoms with van der Waals surface area (Å²) in [5.41, 5.74) is 3.26. The second-order valence-corrected chi connectivity index (χ2v) is 7.87. The highest BCUT2D eigenvalue weighted by Gasteiger charge is 2.25. The van der Waals surface area contributed by atoms with Crippen LogP contribution >= 0.6 is 23.2 Å². The van der Waals surface area contributed by atoms with Crippen molar-refractivity contribution in [1.29, 1.82) is 0 Å². The summed E-state index contributed by atoms with van der Waals surface area (Å²) in [6, 6.07) is 12.1. The van der Waals surface area contributed by atoms with E-state index in [1.54, 1.807) is 19.1 Å². The Kier molecular flexibility index (Phi) is 5.88. The Hall–Kier alpha value is -2.70. The average molecular weight is 446 g/mol. The first-order valence-corrected chi connectivity index (χ1v) is 10.1. The molecule has 0 spiro atoms. The molecule has 0 radical (unpaired) electrons. The maximum absolute atomic E-state index is 14.3. The molecular formula is C22H18Cl2FN3O2. The third-order valence-corrected chi connectivity index (χ3v) is 5.26. The summed E-state index contributed by atoms with van der Waals surface area (Å²) in [6.07, 6.45) is 0.638. The molecule has 8 heteroatoms. The number of aliphatic imine (C=N–C) groups is 1. The van der Waals surface area contributed by atoms with Crippen molar-refractivity contribution in [3.63, 3.8) is 0 Å². The number of hydrogen-bond donors (Lipinski definition) is 0. The predicted octanol–water partition coefficient (Wildman–Crippen LogP) is 5.72. The monoisotopic (exact) mass is 445 g/mol. The maximum Gasteiger partial charge on any atom is 0.251 e. The van der Waals surface area contributed by atoms with Gasteiger partial charge in [-0.2, -0.15) is 5.10 Å². The Balaban J connectivity index is 1.61. The van der Waals surface area contributed by atoms with Crippen molar-refractivity contribution in [3.8, 4) is 11.6 Å². The van der Waals surface area contributed by atoms with Crippen LogP contribution in [-0.2, 0) is 11.2 Å². The molecule has 0 saturated carbocycles. The van der Waals surface area contributed by atoms with Gasteiger partial charge in [0.2, 0.25) is 5.90 Å². The van der Waals surface area contributed by atoms with E-state index >= 15 is 0 Å². The molecule has 4 rings (SSSR count). The van der Waals surface area contributed by atoms with Crippen molar-refractivity contribution >= 4 is 29.1 Å². The molecule has 0 fully saturated rings. The fourth-order valence-electron chi connectivity index (χ4n) is 3.11. The Morgan fingerprint density at radius 3 is 2.73 bits per heavy atom. The minimum atomic E-state index is -0.673. The Bertz CT molecular complexity index is 1140. The van der Waals surface area contributed by atoms with Crippen molar-refractivity contribution < 1.29 is 13.9 Å². The van der Waals surface area contributed by atoms with Gasteiger partial charge in [0, 0.05) is 5.02 Å². The fraction of sp³-hybridized carbons (Fsp3) is 0.227. The second kappa shape index (κ2) is 8.58. The van der Waals surface area contributed by atoms with E-state index in [4.69, 9.17) is 32.7 Å². The van der Waals surface area contributed by atoms with Gasteiger partial charge in [-0.05, 0) is 55.7 Å². The lowest BCUT2D eigenvalue weighted by Crippen LogP contribution is -2.10. The number of halogens is 3. The molecule has 0 bridgehead atoms. The zero-order valence-corrected chi connectivity index (χ0v) is 17.8. The number of aryl methyl sites for hydroxylation is 2. The normalized spacial score (nSPS) is 15.6. The molecule has 0 aliphatic carbocycles. The Labute approximate surface area is 183 Å². The summed E-state index contributed by atoms with van der Waals surface area (Å²) in [4.78, 5) is 4.67. The van der Waals surface area contributed by atoms with Crippen molar-refractivity contribution in [3.05, 3.63) is 80.7 Å². The van der Waals surface area contributed by atoms with Gasteiger partial charge in [0.25, 0.3) is 5.88 Å². The maximum atomic E-state index is 14.3. The molecule has 1 atom stereocenters. The van der Waals surface area contributed by atoms with Gasteiger partial charge < -0.3 is 9.47 Å². The Morgan fingerprint density at radius 1 is 1.10 bits per heavy atom.